The molecule has 4 nitrogen and oxygen atoms in total. The Kier molecular flexibility index (Phi) is 4.72. The first kappa shape index (κ1) is 18.5. The molecule has 0 aromatic heterocycles. The van der Waals surface area contributed by atoms with Crippen molar-refractivity contribution in [3.05, 3.63) is 92.9 Å². The molecule has 0 saturated carbocycles. The van der Waals surface area contributed by atoms with Gasteiger partial charge in [-0.2, -0.15) is 5.10 Å². The van der Waals surface area contributed by atoms with Crippen molar-refractivity contribution < 1.29 is 9.47 Å². The molecule has 2 heterocycles. The van der Waals surface area contributed by atoms with Crippen LogP contribution in [0.2, 0.25) is 5.02 Å². The molecule has 3 aromatic rings. The van der Waals surface area contributed by atoms with Crippen molar-refractivity contribution in [3.63, 3.8) is 0 Å². The number of ether oxygens (including phenoxy) is 2. The van der Waals surface area contributed by atoms with Gasteiger partial charge in [-0.05, 0) is 48.0 Å². The molecule has 2 aliphatic heterocycles. The highest BCUT2D eigenvalue weighted by molar-refractivity contribution is 9.10. The van der Waals surface area contributed by atoms with Crippen LogP contribution in [0.15, 0.2) is 76.3 Å². The van der Waals surface area contributed by atoms with Crippen LogP contribution >= 0.6 is 27.5 Å². The van der Waals surface area contributed by atoms with E-state index in [1.165, 1.54) is 0 Å². The molecule has 2 aliphatic rings. The number of nitrogens with zero attached hydrogens (tertiary/aromatic N) is 2. The van der Waals surface area contributed by atoms with Gasteiger partial charge in [-0.15, -0.1) is 0 Å². The van der Waals surface area contributed by atoms with Gasteiger partial charge < -0.3 is 9.47 Å². The minimum atomic E-state index is -0.366. The molecule has 0 saturated heterocycles. The molecule has 6 heteroatoms. The fraction of sp³-hybridized carbons (Fsp3) is 0.174. The van der Waals surface area contributed by atoms with E-state index < -0.39 is 0 Å². The SMILES string of the molecule is COc1ccccc1[C@H]1Oc2ccc(Br)cc2[C@H]2CC(c3ccc(Cl)cc3)=NN21. The van der Waals surface area contributed by atoms with Crippen molar-refractivity contribution in [2.45, 2.75) is 18.7 Å². The van der Waals surface area contributed by atoms with Gasteiger partial charge in [-0.25, -0.2) is 5.01 Å². The van der Waals surface area contributed by atoms with Crippen molar-refractivity contribution >= 4 is 33.2 Å². The fourth-order valence-electron chi connectivity index (χ4n) is 3.95. The summed E-state index contributed by atoms with van der Waals surface area (Å²) in [6.45, 7) is 0. The number of hydrogen-bond acceptors (Lipinski definition) is 4. The molecule has 2 atom stereocenters. The van der Waals surface area contributed by atoms with E-state index in [2.05, 4.69) is 27.0 Å². The molecule has 0 aliphatic carbocycles. The smallest absolute Gasteiger partial charge is 0.217 e. The van der Waals surface area contributed by atoms with Crippen LogP contribution in [0.4, 0.5) is 0 Å². The Labute approximate surface area is 182 Å². The summed E-state index contributed by atoms with van der Waals surface area (Å²) in [6.07, 6.45) is 0.426. The molecule has 3 aromatic carbocycles. The van der Waals surface area contributed by atoms with Gasteiger partial charge in [0.25, 0.3) is 0 Å². The lowest BCUT2D eigenvalue weighted by Crippen LogP contribution is -2.34. The first-order valence-corrected chi connectivity index (χ1v) is 10.5. The standard InChI is InChI=1S/C23H18BrClN2O2/c1-28-21-5-3-2-4-17(21)23-27-20(18-12-15(24)8-11-22(18)29-23)13-19(26-27)14-6-9-16(25)10-7-14/h2-12,20,23H,13H2,1H3/t20-,23-/m1/s1. The third-order valence-corrected chi connectivity index (χ3v) is 6.08. The number of benzene rings is 3. The molecule has 0 fully saturated rings. The number of hydrazone groups is 1. The van der Waals surface area contributed by atoms with E-state index in [0.29, 0.717) is 0 Å². The van der Waals surface area contributed by atoms with E-state index in [-0.39, 0.29) is 12.3 Å². The Bertz CT molecular complexity index is 1100. The lowest BCUT2D eigenvalue weighted by molar-refractivity contribution is -0.0203. The van der Waals surface area contributed by atoms with E-state index in [0.717, 1.165) is 49.8 Å². The average Bonchev–Trinajstić information content (AvgIpc) is 3.19. The molecule has 0 bridgehead atoms. The third kappa shape index (κ3) is 3.28. The fourth-order valence-corrected chi connectivity index (χ4v) is 4.46. The van der Waals surface area contributed by atoms with Gasteiger partial charge >= 0.3 is 0 Å². The van der Waals surface area contributed by atoms with Gasteiger partial charge in [-0.3, -0.25) is 0 Å². The van der Waals surface area contributed by atoms with Gasteiger partial charge in [0.1, 0.15) is 11.5 Å². The maximum atomic E-state index is 6.43. The molecular weight excluding hydrogens is 452 g/mol. The second-order valence-corrected chi connectivity index (χ2v) is 8.40. The van der Waals surface area contributed by atoms with E-state index >= 15 is 0 Å². The number of halogens is 2. The molecular formula is C23H18BrClN2O2. The van der Waals surface area contributed by atoms with Gasteiger partial charge in [0.05, 0.1) is 24.4 Å². The van der Waals surface area contributed by atoms with Crippen LogP contribution in [0.5, 0.6) is 11.5 Å². The van der Waals surface area contributed by atoms with Gasteiger partial charge in [0, 0.05) is 21.5 Å². The summed E-state index contributed by atoms with van der Waals surface area (Å²) in [5.41, 5.74) is 4.16. The molecule has 0 amide bonds. The normalized spacial score (nSPS) is 19.8. The van der Waals surface area contributed by atoms with E-state index in [4.69, 9.17) is 26.2 Å². The van der Waals surface area contributed by atoms with E-state index in [1.807, 2.05) is 60.7 Å². The summed E-state index contributed by atoms with van der Waals surface area (Å²) in [7, 11) is 1.68. The maximum absolute atomic E-state index is 6.43. The van der Waals surface area contributed by atoms with Crippen LogP contribution in [0, 0.1) is 0 Å². The summed E-state index contributed by atoms with van der Waals surface area (Å²) in [6, 6.07) is 22.0. The average molecular weight is 470 g/mol. The Morgan fingerprint density at radius 2 is 1.86 bits per heavy atom. The van der Waals surface area contributed by atoms with Crippen LogP contribution in [-0.2, 0) is 0 Å². The topological polar surface area (TPSA) is 34.1 Å². The van der Waals surface area contributed by atoms with Crippen molar-refractivity contribution in [3.8, 4) is 11.5 Å². The Balaban J connectivity index is 1.62. The van der Waals surface area contributed by atoms with Crippen LogP contribution in [-0.4, -0.2) is 17.8 Å². The van der Waals surface area contributed by atoms with Crippen molar-refractivity contribution in [2.75, 3.05) is 7.11 Å². The van der Waals surface area contributed by atoms with Gasteiger partial charge in [-0.1, -0.05) is 51.8 Å². The number of hydrogen-bond donors (Lipinski definition) is 0. The monoisotopic (exact) mass is 468 g/mol. The van der Waals surface area contributed by atoms with E-state index in [9.17, 15) is 0 Å². The number of methoxy groups -OCH3 is 1. The summed E-state index contributed by atoms with van der Waals surface area (Å²) < 4.78 is 13.1. The summed E-state index contributed by atoms with van der Waals surface area (Å²) >= 11 is 9.66. The first-order valence-electron chi connectivity index (χ1n) is 9.35. The predicted octanol–water partition coefficient (Wildman–Crippen LogP) is 6.35. The minimum absolute atomic E-state index is 0.0804. The molecule has 0 radical (unpaired) electrons. The molecule has 146 valence electrons. The number of para-hydroxylation sites is 1. The number of fused-ring (bicyclic) bond motifs is 3. The lowest BCUT2D eigenvalue weighted by atomic mass is 9.96. The second kappa shape index (κ2) is 7.39. The highest BCUT2D eigenvalue weighted by Gasteiger charge is 2.42. The maximum Gasteiger partial charge on any atom is 0.217 e. The first-order chi connectivity index (χ1) is 14.1. The quantitative estimate of drug-likeness (QED) is 0.448. The molecule has 29 heavy (non-hydrogen) atoms. The van der Waals surface area contributed by atoms with Crippen LogP contribution in [0.3, 0.4) is 0 Å². The van der Waals surface area contributed by atoms with E-state index in [1.54, 1.807) is 7.11 Å². The summed E-state index contributed by atoms with van der Waals surface area (Å²) in [4.78, 5) is 0. The Morgan fingerprint density at radius 1 is 1.07 bits per heavy atom. The summed E-state index contributed by atoms with van der Waals surface area (Å²) in [5, 5.41) is 7.75. The highest BCUT2D eigenvalue weighted by atomic mass is 79.9. The van der Waals surface area contributed by atoms with Crippen molar-refractivity contribution in [2.24, 2.45) is 5.10 Å². The highest BCUT2D eigenvalue weighted by Crippen LogP contribution is 2.49. The third-order valence-electron chi connectivity index (χ3n) is 5.33. The Hall–Kier alpha value is -2.50. The zero-order valence-corrected chi connectivity index (χ0v) is 18.0. The molecule has 0 unspecified atom stereocenters. The molecule has 5 rings (SSSR count). The molecule has 0 spiro atoms. The lowest BCUT2D eigenvalue weighted by Gasteiger charge is -2.38. The predicted molar refractivity (Wildman–Crippen MR) is 118 cm³/mol. The number of rotatable bonds is 3. The molecule has 0 N–H and O–H groups in total. The van der Waals surface area contributed by atoms with Gasteiger partial charge in [0.15, 0.2) is 0 Å². The minimum Gasteiger partial charge on any atom is -0.496 e. The Morgan fingerprint density at radius 3 is 2.66 bits per heavy atom. The van der Waals surface area contributed by atoms with Crippen LogP contribution in [0.1, 0.15) is 35.4 Å². The largest absolute Gasteiger partial charge is 0.496 e. The van der Waals surface area contributed by atoms with Crippen molar-refractivity contribution in [1.82, 2.24) is 5.01 Å². The van der Waals surface area contributed by atoms with Gasteiger partial charge in [0.2, 0.25) is 6.23 Å². The van der Waals surface area contributed by atoms with Crippen LogP contribution < -0.4 is 9.47 Å². The van der Waals surface area contributed by atoms with Crippen LogP contribution in [0.25, 0.3) is 0 Å². The van der Waals surface area contributed by atoms with Crippen molar-refractivity contribution in [1.29, 1.82) is 0 Å². The second-order valence-electron chi connectivity index (χ2n) is 7.05. The zero-order valence-electron chi connectivity index (χ0n) is 15.7. The zero-order chi connectivity index (χ0) is 20.0. The summed E-state index contributed by atoms with van der Waals surface area (Å²) in [5.74, 6) is 1.66.